The maximum atomic E-state index is 11.8. The lowest BCUT2D eigenvalue weighted by Crippen LogP contribution is -2.49. The zero-order chi connectivity index (χ0) is 12.3. The topological polar surface area (TPSA) is 82.0 Å². The van der Waals surface area contributed by atoms with Gasteiger partial charge >= 0.3 is 0 Å². The molecule has 0 aromatic rings. The summed E-state index contributed by atoms with van der Waals surface area (Å²) in [5.74, 6) is -0.0394. The van der Waals surface area contributed by atoms with Gasteiger partial charge < -0.3 is 5.21 Å². The number of nitrogens with zero attached hydrogens (tertiary/aromatic N) is 2. The Bertz CT molecular complexity index is 364. The van der Waals surface area contributed by atoms with Crippen molar-refractivity contribution < 1.29 is 13.6 Å². The van der Waals surface area contributed by atoms with Gasteiger partial charge in [-0.3, -0.25) is 0 Å². The van der Waals surface area contributed by atoms with Crippen LogP contribution in [0.5, 0.6) is 0 Å². The Morgan fingerprint density at radius 3 is 2.62 bits per heavy atom. The van der Waals surface area contributed by atoms with Gasteiger partial charge in [-0.25, -0.2) is 0 Å². The van der Waals surface area contributed by atoms with Crippen LogP contribution in [0.15, 0.2) is 5.16 Å². The second-order valence-electron chi connectivity index (χ2n) is 4.38. The molecule has 1 atom stereocenters. The smallest absolute Gasteiger partial charge is 0.279 e. The van der Waals surface area contributed by atoms with Crippen molar-refractivity contribution in [3.8, 4) is 0 Å². The first kappa shape index (κ1) is 13.4. The Kier molecular flexibility index (Phi) is 4.28. The van der Waals surface area contributed by atoms with Crippen LogP contribution in [-0.2, 0) is 10.2 Å². The van der Waals surface area contributed by atoms with Crippen molar-refractivity contribution in [1.82, 2.24) is 9.03 Å². The maximum Gasteiger partial charge on any atom is 0.279 e. The highest BCUT2D eigenvalue weighted by atomic mass is 32.2. The molecule has 0 saturated carbocycles. The van der Waals surface area contributed by atoms with Gasteiger partial charge in [0, 0.05) is 31.5 Å². The minimum absolute atomic E-state index is 0.0394. The molecule has 0 radical (unpaired) electrons. The minimum Gasteiger partial charge on any atom is -0.411 e. The summed E-state index contributed by atoms with van der Waals surface area (Å²) >= 11 is 0. The van der Waals surface area contributed by atoms with Crippen molar-refractivity contribution >= 4 is 15.9 Å². The van der Waals surface area contributed by atoms with E-state index in [2.05, 4.69) is 9.88 Å². The third kappa shape index (κ3) is 3.16. The first-order valence-electron chi connectivity index (χ1n) is 5.35. The quantitative estimate of drug-likeness (QED) is 0.561. The Morgan fingerprint density at radius 1 is 1.56 bits per heavy atom. The largest absolute Gasteiger partial charge is 0.411 e. The van der Waals surface area contributed by atoms with Gasteiger partial charge in [-0.15, -0.1) is 0 Å². The van der Waals surface area contributed by atoms with E-state index in [0.29, 0.717) is 25.2 Å². The molecule has 1 aliphatic heterocycles. The van der Waals surface area contributed by atoms with Crippen molar-refractivity contribution in [2.24, 2.45) is 11.1 Å². The molecule has 0 aromatic heterocycles. The molecule has 7 heteroatoms. The van der Waals surface area contributed by atoms with E-state index >= 15 is 0 Å². The Hall–Kier alpha value is -0.660. The second-order valence-corrected chi connectivity index (χ2v) is 6.08. The maximum absolute atomic E-state index is 11.8. The summed E-state index contributed by atoms with van der Waals surface area (Å²) in [6.45, 7) is 6.15. The van der Waals surface area contributed by atoms with E-state index in [-0.39, 0.29) is 12.0 Å². The van der Waals surface area contributed by atoms with Crippen LogP contribution in [-0.4, -0.2) is 42.8 Å². The number of piperidine rings is 1. The molecule has 1 rings (SSSR count). The number of hydrogen-bond acceptors (Lipinski definition) is 4. The van der Waals surface area contributed by atoms with Crippen molar-refractivity contribution in [1.29, 1.82) is 0 Å². The molecule has 94 valence electrons. The lowest BCUT2D eigenvalue weighted by Gasteiger charge is -2.31. The molecule has 0 aliphatic carbocycles. The first-order chi connectivity index (χ1) is 7.36. The lowest BCUT2D eigenvalue weighted by molar-refractivity contribution is 0.299. The molecule has 16 heavy (non-hydrogen) atoms. The zero-order valence-electron chi connectivity index (χ0n) is 9.84. The minimum atomic E-state index is -3.40. The summed E-state index contributed by atoms with van der Waals surface area (Å²) in [6, 6.07) is -0.117. The predicted octanol–water partition coefficient (Wildman–Crippen LogP) is 0.401. The van der Waals surface area contributed by atoms with Crippen LogP contribution in [0.3, 0.4) is 0 Å². The molecule has 0 aromatic carbocycles. The molecule has 1 aliphatic rings. The summed E-state index contributed by atoms with van der Waals surface area (Å²) in [7, 11) is -3.40. The fourth-order valence-corrected chi connectivity index (χ4v) is 3.22. The molecule has 1 heterocycles. The summed E-state index contributed by atoms with van der Waals surface area (Å²) < 4.78 is 27.6. The van der Waals surface area contributed by atoms with Crippen molar-refractivity contribution in [2.45, 2.75) is 33.2 Å². The molecule has 6 nitrogen and oxygen atoms in total. The van der Waals surface area contributed by atoms with Crippen LogP contribution in [0.4, 0.5) is 0 Å². The van der Waals surface area contributed by atoms with E-state index in [4.69, 9.17) is 5.21 Å². The second kappa shape index (κ2) is 5.11. The van der Waals surface area contributed by atoms with E-state index in [1.165, 1.54) is 4.31 Å². The number of oxime groups is 1. The summed E-state index contributed by atoms with van der Waals surface area (Å²) in [5.41, 5.74) is 0.663. The molecular weight excluding hydrogens is 230 g/mol. The zero-order valence-corrected chi connectivity index (χ0v) is 10.7. The summed E-state index contributed by atoms with van der Waals surface area (Å²) in [5, 5.41) is 11.9. The molecule has 1 unspecified atom stereocenters. The van der Waals surface area contributed by atoms with Crippen LogP contribution in [0.25, 0.3) is 0 Å². The average Bonchev–Trinajstić information content (AvgIpc) is 2.15. The third-order valence-corrected chi connectivity index (χ3v) is 4.30. The Morgan fingerprint density at radius 2 is 2.19 bits per heavy atom. The van der Waals surface area contributed by atoms with E-state index in [0.717, 1.165) is 0 Å². The molecule has 0 amide bonds. The van der Waals surface area contributed by atoms with Gasteiger partial charge in [0.15, 0.2) is 0 Å². The van der Waals surface area contributed by atoms with Gasteiger partial charge in [-0.05, 0) is 13.8 Å². The van der Waals surface area contributed by atoms with E-state index in [1.807, 2.05) is 6.92 Å². The number of nitrogens with one attached hydrogen (secondary N) is 1. The molecule has 1 fully saturated rings. The highest BCUT2D eigenvalue weighted by Crippen LogP contribution is 2.16. The number of rotatable bonds is 3. The van der Waals surface area contributed by atoms with E-state index < -0.39 is 10.2 Å². The average molecular weight is 249 g/mol. The van der Waals surface area contributed by atoms with Crippen molar-refractivity contribution in [3.63, 3.8) is 0 Å². The van der Waals surface area contributed by atoms with E-state index in [1.54, 1.807) is 13.8 Å². The van der Waals surface area contributed by atoms with Gasteiger partial charge in [0.25, 0.3) is 10.2 Å². The van der Waals surface area contributed by atoms with Gasteiger partial charge in [0.05, 0.1) is 5.71 Å². The van der Waals surface area contributed by atoms with E-state index in [9.17, 15) is 8.42 Å². The van der Waals surface area contributed by atoms with Crippen molar-refractivity contribution in [2.75, 3.05) is 13.1 Å². The Labute approximate surface area is 96.5 Å². The monoisotopic (exact) mass is 249 g/mol. The van der Waals surface area contributed by atoms with Crippen LogP contribution < -0.4 is 4.72 Å². The van der Waals surface area contributed by atoms with Crippen LogP contribution in [0.1, 0.15) is 27.2 Å². The Balaban J connectivity index is 2.71. The third-order valence-electron chi connectivity index (χ3n) is 2.52. The standard InChI is InChI=1S/C9H19N3O3S/c1-7(2)11-16(14,15)12-5-4-9(10-13)8(3)6-12/h7-8,11,13H,4-6H2,1-3H3. The molecule has 0 bridgehead atoms. The van der Waals surface area contributed by atoms with Gasteiger partial charge in [0.1, 0.15) is 0 Å². The van der Waals surface area contributed by atoms with Crippen LogP contribution in [0, 0.1) is 5.92 Å². The summed E-state index contributed by atoms with van der Waals surface area (Å²) in [6.07, 6.45) is 0.483. The molecular formula is C9H19N3O3S. The van der Waals surface area contributed by atoms with Gasteiger partial charge in [-0.2, -0.15) is 17.4 Å². The SMILES string of the molecule is CC(C)NS(=O)(=O)N1CCC(=NO)C(C)C1. The lowest BCUT2D eigenvalue weighted by atomic mass is 10.00. The summed E-state index contributed by atoms with van der Waals surface area (Å²) in [4.78, 5) is 0. The highest BCUT2D eigenvalue weighted by molar-refractivity contribution is 7.87. The predicted molar refractivity (Wildman–Crippen MR) is 61.8 cm³/mol. The van der Waals surface area contributed by atoms with Gasteiger partial charge in [0.2, 0.25) is 0 Å². The molecule has 0 spiro atoms. The first-order valence-corrected chi connectivity index (χ1v) is 6.79. The fourth-order valence-electron chi connectivity index (χ4n) is 1.73. The van der Waals surface area contributed by atoms with Crippen LogP contribution in [0.2, 0.25) is 0 Å². The van der Waals surface area contributed by atoms with Crippen LogP contribution >= 0.6 is 0 Å². The van der Waals surface area contributed by atoms with Crippen molar-refractivity contribution in [3.05, 3.63) is 0 Å². The molecule has 1 saturated heterocycles. The number of hydrogen-bond donors (Lipinski definition) is 2. The molecule has 2 N–H and O–H groups in total. The fraction of sp³-hybridized carbons (Fsp3) is 0.889. The highest BCUT2D eigenvalue weighted by Gasteiger charge is 2.30. The van der Waals surface area contributed by atoms with Gasteiger partial charge in [-0.1, -0.05) is 12.1 Å². The normalized spacial score (nSPS) is 26.5.